The van der Waals surface area contributed by atoms with Gasteiger partial charge < -0.3 is 10.6 Å². The summed E-state index contributed by atoms with van der Waals surface area (Å²) in [5.74, 6) is 1.21. The van der Waals surface area contributed by atoms with Crippen LogP contribution >= 0.6 is 11.3 Å². The smallest absolute Gasteiger partial charge is 0.253 e. The predicted octanol–water partition coefficient (Wildman–Crippen LogP) is 2.93. The Hall–Kier alpha value is -1.72. The van der Waals surface area contributed by atoms with Crippen molar-refractivity contribution in [3.8, 4) is 10.6 Å². The quantitative estimate of drug-likeness (QED) is 0.922. The second kappa shape index (κ2) is 5.73. The van der Waals surface area contributed by atoms with Crippen LogP contribution in [0.1, 0.15) is 28.9 Å². The Labute approximate surface area is 140 Å². The van der Waals surface area contributed by atoms with Gasteiger partial charge in [0.1, 0.15) is 5.01 Å². The lowest BCUT2D eigenvalue weighted by Gasteiger charge is -2.19. The summed E-state index contributed by atoms with van der Waals surface area (Å²) < 4.78 is 0. The summed E-state index contributed by atoms with van der Waals surface area (Å²) in [6.07, 6.45) is 2.27. The number of benzene rings is 1. The first kappa shape index (κ1) is 14.8. The molecule has 4 nitrogen and oxygen atoms in total. The third kappa shape index (κ3) is 2.68. The number of nitrogens with two attached hydrogens (primary N) is 1. The Morgan fingerprint density at radius 3 is 2.96 bits per heavy atom. The summed E-state index contributed by atoms with van der Waals surface area (Å²) in [7, 11) is 0. The molecule has 2 aliphatic rings. The zero-order valence-corrected chi connectivity index (χ0v) is 14.1. The van der Waals surface area contributed by atoms with Gasteiger partial charge in [-0.1, -0.05) is 12.1 Å². The monoisotopic (exact) mass is 327 g/mol. The SMILES string of the molecule is Cc1csc(-c2cccc(C(=O)N3CC4CCC(N)C4C3)c2)n1. The van der Waals surface area contributed by atoms with Crippen LogP contribution in [-0.2, 0) is 0 Å². The summed E-state index contributed by atoms with van der Waals surface area (Å²) in [5, 5.41) is 3.00. The summed E-state index contributed by atoms with van der Waals surface area (Å²) >= 11 is 1.62. The van der Waals surface area contributed by atoms with Crippen LogP contribution in [0.15, 0.2) is 29.6 Å². The molecule has 3 unspecified atom stereocenters. The highest BCUT2D eigenvalue weighted by atomic mass is 32.1. The summed E-state index contributed by atoms with van der Waals surface area (Å²) in [5.41, 5.74) is 8.97. The third-order valence-electron chi connectivity index (χ3n) is 5.18. The number of likely N-dealkylation sites (tertiary alicyclic amines) is 1. The highest BCUT2D eigenvalue weighted by molar-refractivity contribution is 7.13. The van der Waals surface area contributed by atoms with E-state index in [4.69, 9.17) is 5.73 Å². The fourth-order valence-corrected chi connectivity index (χ4v) is 4.72. The molecule has 0 bridgehead atoms. The molecule has 4 rings (SSSR count). The lowest BCUT2D eigenvalue weighted by Crippen LogP contribution is -2.33. The van der Waals surface area contributed by atoms with Gasteiger partial charge >= 0.3 is 0 Å². The molecule has 2 N–H and O–H groups in total. The molecule has 1 aromatic carbocycles. The number of rotatable bonds is 2. The highest BCUT2D eigenvalue weighted by Gasteiger charge is 2.42. The van der Waals surface area contributed by atoms with Crippen LogP contribution in [0.25, 0.3) is 10.6 Å². The van der Waals surface area contributed by atoms with E-state index in [1.807, 2.05) is 41.5 Å². The number of hydrogen-bond donors (Lipinski definition) is 1. The first-order valence-corrected chi connectivity index (χ1v) is 9.07. The van der Waals surface area contributed by atoms with E-state index >= 15 is 0 Å². The van der Waals surface area contributed by atoms with E-state index in [0.29, 0.717) is 11.8 Å². The van der Waals surface area contributed by atoms with Crippen LogP contribution in [0, 0.1) is 18.8 Å². The van der Waals surface area contributed by atoms with Gasteiger partial charge in [-0.05, 0) is 43.7 Å². The van der Waals surface area contributed by atoms with E-state index in [1.165, 1.54) is 0 Å². The molecular formula is C18H21N3OS. The Kier molecular flexibility index (Phi) is 3.70. The lowest BCUT2D eigenvalue weighted by atomic mass is 9.98. The van der Waals surface area contributed by atoms with Crippen molar-refractivity contribution in [3.05, 3.63) is 40.9 Å². The second-order valence-electron chi connectivity index (χ2n) is 6.75. The standard InChI is InChI=1S/C18H21N3OS/c1-11-10-23-17(20-11)12-3-2-4-13(7-12)18(22)21-8-14-5-6-16(19)15(14)9-21/h2-4,7,10,14-16H,5-6,8-9,19H2,1H3. The van der Waals surface area contributed by atoms with Crippen LogP contribution in [0.3, 0.4) is 0 Å². The van der Waals surface area contributed by atoms with Gasteiger partial charge in [0, 0.05) is 41.3 Å². The molecule has 1 amide bonds. The van der Waals surface area contributed by atoms with E-state index < -0.39 is 0 Å². The van der Waals surface area contributed by atoms with Crippen molar-refractivity contribution in [2.24, 2.45) is 17.6 Å². The molecule has 5 heteroatoms. The van der Waals surface area contributed by atoms with Crippen LogP contribution in [0.5, 0.6) is 0 Å². The van der Waals surface area contributed by atoms with Crippen molar-refractivity contribution < 1.29 is 4.79 Å². The van der Waals surface area contributed by atoms with Crippen molar-refractivity contribution in [1.82, 2.24) is 9.88 Å². The van der Waals surface area contributed by atoms with Crippen LogP contribution in [0.2, 0.25) is 0 Å². The third-order valence-corrected chi connectivity index (χ3v) is 6.18. The molecule has 1 aliphatic carbocycles. The minimum Gasteiger partial charge on any atom is -0.338 e. The number of carbonyl (C=O) groups is 1. The molecule has 120 valence electrons. The molecule has 1 saturated heterocycles. The molecule has 3 atom stereocenters. The molecule has 23 heavy (non-hydrogen) atoms. The lowest BCUT2D eigenvalue weighted by molar-refractivity contribution is 0.0779. The van der Waals surface area contributed by atoms with Gasteiger partial charge in [-0.15, -0.1) is 11.3 Å². The Morgan fingerprint density at radius 1 is 1.35 bits per heavy atom. The first-order chi connectivity index (χ1) is 11.1. The van der Waals surface area contributed by atoms with E-state index in [0.717, 1.165) is 47.8 Å². The number of hydrogen-bond acceptors (Lipinski definition) is 4. The second-order valence-corrected chi connectivity index (χ2v) is 7.61. The number of nitrogens with zero attached hydrogens (tertiary/aromatic N) is 2. The van der Waals surface area contributed by atoms with E-state index in [2.05, 4.69) is 4.98 Å². The Bertz CT molecular complexity index is 741. The maximum Gasteiger partial charge on any atom is 0.253 e. The maximum atomic E-state index is 12.8. The zero-order valence-electron chi connectivity index (χ0n) is 13.2. The minimum atomic E-state index is 0.127. The topological polar surface area (TPSA) is 59.2 Å². The zero-order chi connectivity index (χ0) is 16.0. The first-order valence-electron chi connectivity index (χ1n) is 8.19. The maximum absolute atomic E-state index is 12.8. The molecular weight excluding hydrogens is 306 g/mol. The fraction of sp³-hybridized carbons (Fsp3) is 0.444. The molecule has 1 aromatic heterocycles. The van der Waals surface area contributed by atoms with Crippen molar-refractivity contribution in [2.75, 3.05) is 13.1 Å². The molecule has 1 saturated carbocycles. The van der Waals surface area contributed by atoms with Crippen molar-refractivity contribution in [2.45, 2.75) is 25.8 Å². The van der Waals surface area contributed by atoms with Crippen molar-refractivity contribution in [1.29, 1.82) is 0 Å². The minimum absolute atomic E-state index is 0.127. The summed E-state index contributed by atoms with van der Waals surface area (Å²) in [4.78, 5) is 19.3. The number of carbonyl (C=O) groups excluding carboxylic acids is 1. The number of fused-ring (bicyclic) bond motifs is 1. The van der Waals surface area contributed by atoms with Crippen LogP contribution in [0.4, 0.5) is 0 Å². The van der Waals surface area contributed by atoms with Gasteiger partial charge in [-0.25, -0.2) is 4.98 Å². The Balaban J connectivity index is 1.55. The van der Waals surface area contributed by atoms with Gasteiger partial charge in [-0.2, -0.15) is 0 Å². The van der Waals surface area contributed by atoms with Crippen LogP contribution in [-0.4, -0.2) is 34.9 Å². The molecule has 1 aliphatic heterocycles. The molecule has 2 fully saturated rings. The number of aryl methyl sites for hydroxylation is 1. The summed E-state index contributed by atoms with van der Waals surface area (Å²) in [6.45, 7) is 3.66. The van der Waals surface area contributed by atoms with E-state index in [-0.39, 0.29) is 11.9 Å². The van der Waals surface area contributed by atoms with Gasteiger partial charge in [0.15, 0.2) is 0 Å². The number of aromatic nitrogens is 1. The largest absolute Gasteiger partial charge is 0.338 e. The number of thiazole rings is 1. The summed E-state index contributed by atoms with van der Waals surface area (Å²) in [6, 6.07) is 8.10. The molecule has 2 aromatic rings. The van der Waals surface area contributed by atoms with Gasteiger partial charge in [0.05, 0.1) is 0 Å². The van der Waals surface area contributed by atoms with Crippen LogP contribution < -0.4 is 5.73 Å². The fourth-order valence-electron chi connectivity index (χ4n) is 3.93. The van der Waals surface area contributed by atoms with Crippen molar-refractivity contribution >= 4 is 17.2 Å². The molecule has 2 heterocycles. The highest BCUT2D eigenvalue weighted by Crippen LogP contribution is 2.37. The average Bonchev–Trinajstić information content (AvgIpc) is 3.25. The van der Waals surface area contributed by atoms with Crippen molar-refractivity contribution in [3.63, 3.8) is 0 Å². The predicted molar refractivity (Wildman–Crippen MR) is 92.4 cm³/mol. The van der Waals surface area contributed by atoms with Gasteiger partial charge in [0.25, 0.3) is 5.91 Å². The normalized spacial score (nSPS) is 26.5. The van der Waals surface area contributed by atoms with Gasteiger partial charge in [-0.3, -0.25) is 4.79 Å². The van der Waals surface area contributed by atoms with E-state index in [1.54, 1.807) is 11.3 Å². The Morgan fingerprint density at radius 2 is 2.22 bits per heavy atom. The molecule has 0 spiro atoms. The number of amides is 1. The molecule has 0 radical (unpaired) electrons. The van der Waals surface area contributed by atoms with E-state index in [9.17, 15) is 4.79 Å². The average molecular weight is 327 g/mol. The van der Waals surface area contributed by atoms with Gasteiger partial charge in [0.2, 0.25) is 0 Å².